The largest absolute Gasteiger partial charge is 0.376 e. The van der Waals surface area contributed by atoms with Crippen LogP contribution in [0.3, 0.4) is 0 Å². The smallest absolute Gasteiger partial charge is 0.0978 e. The summed E-state index contributed by atoms with van der Waals surface area (Å²) in [6, 6.07) is 2.06. The Morgan fingerprint density at radius 1 is 1.53 bits per heavy atom. The van der Waals surface area contributed by atoms with Gasteiger partial charge in [0.25, 0.3) is 0 Å². The molecule has 17 heavy (non-hydrogen) atoms. The number of pyridine rings is 1. The first-order chi connectivity index (χ1) is 8.29. The molecule has 5 nitrogen and oxygen atoms in total. The van der Waals surface area contributed by atoms with Crippen molar-refractivity contribution in [3.63, 3.8) is 0 Å². The minimum absolute atomic E-state index is 0.00673. The molecule has 1 saturated heterocycles. The molecule has 1 aliphatic rings. The van der Waals surface area contributed by atoms with E-state index < -0.39 is 0 Å². The molecule has 0 saturated carbocycles. The van der Waals surface area contributed by atoms with Crippen molar-refractivity contribution in [3.05, 3.63) is 28.5 Å². The molecule has 1 aromatic rings. The third-order valence-electron chi connectivity index (χ3n) is 2.72. The van der Waals surface area contributed by atoms with Gasteiger partial charge in [-0.2, -0.15) is 0 Å². The second-order valence-electron chi connectivity index (χ2n) is 3.97. The van der Waals surface area contributed by atoms with E-state index in [0.29, 0.717) is 19.8 Å². The van der Waals surface area contributed by atoms with Crippen molar-refractivity contribution in [1.82, 2.24) is 10.4 Å². The van der Waals surface area contributed by atoms with Gasteiger partial charge in [0, 0.05) is 16.9 Å². The van der Waals surface area contributed by atoms with Crippen LogP contribution in [0.2, 0.25) is 0 Å². The topological polar surface area (TPSA) is 69.4 Å². The Bertz CT molecular complexity index is 358. The second kappa shape index (κ2) is 6.42. The average molecular weight is 302 g/mol. The average Bonchev–Trinajstić information content (AvgIpc) is 2.37. The van der Waals surface area contributed by atoms with Crippen LogP contribution >= 0.6 is 15.9 Å². The molecule has 0 aliphatic carbocycles. The van der Waals surface area contributed by atoms with E-state index in [4.69, 9.17) is 15.3 Å². The van der Waals surface area contributed by atoms with Gasteiger partial charge in [0.15, 0.2) is 0 Å². The molecule has 3 N–H and O–H groups in total. The highest BCUT2D eigenvalue weighted by Crippen LogP contribution is 2.14. The summed E-state index contributed by atoms with van der Waals surface area (Å²) in [6.45, 7) is 1.86. The molecular weight excluding hydrogens is 286 g/mol. The molecule has 0 radical (unpaired) electrons. The molecule has 94 valence electrons. The van der Waals surface area contributed by atoms with Gasteiger partial charge in [-0.05, 0) is 34.0 Å². The number of hydrogen-bond acceptors (Lipinski definition) is 5. The lowest BCUT2D eigenvalue weighted by Crippen LogP contribution is -2.50. The van der Waals surface area contributed by atoms with E-state index in [1.807, 2.05) is 12.3 Å². The third kappa shape index (κ3) is 3.72. The summed E-state index contributed by atoms with van der Waals surface area (Å²) in [5.41, 5.74) is 3.90. The lowest BCUT2D eigenvalue weighted by Gasteiger charge is -2.30. The first-order valence-corrected chi connectivity index (χ1v) is 6.34. The Kier molecular flexibility index (Phi) is 4.87. The summed E-state index contributed by atoms with van der Waals surface area (Å²) in [5.74, 6) is 5.57. The van der Waals surface area contributed by atoms with Crippen LogP contribution in [0.1, 0.15) is 5.56 Å². The van der Waals surface area contributed by atoms with E-state index in [9.17, 15) is 0 Å². The molecule has 6 heteroatoms. The molecule has 2 atom stereocenters. The van der Waals surface area contributed by atoms with Crippen LogP contribution in [-0.4, -0.2) is 37.0 Å². The summed E-state index contributed by atoms with van der Waals surface area (Å²) in [5, 5.41) is 0. The maximum absolute atomic E-state index is 5.63. The van der Waals surface area contributed by atoms with Crippen molar-refractivity contribution in [1.29, 1.82) is 0 Å². The van der Waals surface area contributed by atoms with E-state index >= 15 is 0 Å². The maximum Gasteiger partial charge on any atom is 0.0978 e. The minimum atomic E-state index is -0.00673. The molecule has 1 aliphatic heterocycles. The molecule has 2 rings (SSSR count). The Balaban J connectivity index is 1.98. The Hall–Kier alpha value is -0.530. The Morgan fingerprint density at radius 2 is 2.41 bits per heavy atom. The molecular formula is C11H16BrN3O2. The number of aromatic nitrogens is 1. The summed E-state index contributed by atoms with van der Waals surface area (Å²) >= 11 is 3.40. The van der Waals surface area contributed by atoms with Crippen molar-refractivity contribution in [3.8, 4) is 0 Å². The second-order valence-corrected chi connectivity index (χ2v) is 4.89. The number of ether oxygens (including phenoxy) is 2. The SMILES string of the molecule is NNC(Cc1cncc(Br)c1)C1COCCO1. The van der Waals surface area contributed by atoms with Crippen molar-refractivity contribution in [2.45, 2.75) is 18.6 Å². The molecule has 0 amide bonds. The highest BCUT2D eigenvalue weighted by molar-refractivity contribution is 9.10. The lowest BCUT2D eigenvalue weighted by atomic mass is 10.0. The van der Waals surface area contributed by atoms with E-state index in [1.165, 1.54) is 0 Å². The zero-order valence-corrected chi connectivity index (χ0v) is 11.0. The number of nitrogens with two attached hydrogens (primary N) is 1. The molecule has 1 fully saturated rings. The molecule has 2 heterocycles. The van der Waals surface area contributed by atoms with Gasteiger partial charge in [-0.25, -0.2) is 0 Å². The summed E-state index contributed by atoms with van der Waals surface area (Å²) in [4.78, 5) is 4.13. The highest BCUT2D eigenvalue weighted by Gasteiger charge is 2.24. The van der Waals surface area contributed by atoms with Crippen molar-refractivity contribution < 1.29 is 9.47 Å². The first-order valence-electron chi connectivity index (χ1n) is 5.54. The molecule has 2 unspecified atom stereocenters. The number of nitrogens with one attached hydrogen (secondary N) is 1. The van der Waals surface area contributed by atoms with Gasteiger partial charge in [-0.1, -0.05) is 0 Å². The zero-order valence-electron chi connectivity index (χ0n) is 9.43. The number of nitrogens with zero attached hydrogens (tertiary/aromatic N) is 1. The lowest BCUT2D eigenvalue weighted by molar-refractivity contribution is -0.101. The van der Waals surface area contributed by atoms with Crippen molar-refractivity contribution in [2.24, 2.45) is 5.84 Å². The minimum Gasteiger partial charge on any atom is -0.376 e. The van der Waals surface area contributed by atoms with Crippen molar-refractivity contribution >= 4 is 15.9 Å². The predicted molar refractivity (Wildman–Crippen MR) is 67.3 cm³/mol. The molecule has 0 aromatic carbocycles. The number of hydrogen-bond donors (Lipinski definition) is 2. The van der Waals surface area contributed by atoms with Gasteiger partial charge in [0.05, 0.1) is 32.0 Å². The van der Waals surface area contributed by atoms with Crippen LogP contribution < -0.4 is 11.3 Å². The number of halogens is 1. The fraction of sp³-hybridized carbons (Fsp3) is 0.545. The Labute approximate surface area is 109 Å². The van der Waals surface area contributed by atoms with E-state index in [0.717, 1.165) is 16.5 Å². The van der Waals surface area contributed by atoms with Gasteiger partial charge in [-0.15, -0.1) is 0 Å². The van der Waals surface area contributed by atoms with Gasteiger partial charge in [-0.3, -0.25) is 16.3 Å². The highest BCUT2D eigenvalue weighted by atomic mass is 79.9. The van der Waals surface area contributed by atoms with Crippen LogP contribution in [-0.2, 0) is 15.9 Å². The van der Waals surface area contributed by atoms with Gasteiger partial charge < -0.3 is 9.47 Å². The zero-order chi connectivity index (χ0) is 12.1. The summed E-state index contributed by atoms with van der Waals surface area (Å²) in [7, 11) is 0. The Morgan fingerprint density at radius 3 is 3.06 bits per heavy atom. The van der Waals surface area contributed by atoms with Crippen LogP contribution in [0.15, 0.2) is 22.9 Å². The van der Waals surface area contributed by atoms with Crippen LogP contribution in [0.4, 0.5) is 0 Å². The van der Waals surface area contributed by atoms with Gasteiger partial charge in [0.1, 0.15) is 0 Å². The van der Waals surface area contributed by atoms with Crippen molar-refractivity contribution in [2.75, 3.05) is 19.8 Å². The van der Waals surface area contributed by atoms with E-state index in [1.54, 1.807) is 6.20 Å². The normalized spacial score (nSPS) is 22.4. The van der Waals surface area contributed by atoms with Crippen LogP contribution in [0.5, 0.6) is 0 Å². The number of rotatable bonds is 4. The summed E-state index contributed by atoms with van der Waals surface area (Å²) < 4.78 is 12.0. The van der Waals surface area contributed by atoms with Crippen LogP contribution in [0, 0.1) is 0 Å². The van der Waals surface area contributed by atoms with E-state index in [2.05, 4.69) is 26.3 Å². The quantitative estimate of drug-likeness (QED) is 0.631. The molecule has 1 aromatic heterocycles. The molecule has 0 bridgehead atoms. The monoisotopic (exact) mass is 301 g/mol. The van der Waals surface area contributed by atoms with Gasteiger partial charge >= 0.3 is 0 Å². The third-order valence-corrected chi connectivity index (χ3v) is 3.16. The van der Waals surface area contributed by atoms with E-state index in [-0.39, 0.29) is 12.1 Å². The fourth-order valence-corrected chi connectivity index (χ4v) is 2.27. The van der Waals surface area contributed by atoms with Crippen LogP contribution in [0.25, 0.3) is 0 Å². The van der Waals surface area contributed by atoms with Gasteiger partial charge in [0.2, 0.25) is 0 Å². The standard InChI is InChI=1S/C11H16BrN3O2/c12-9-3-8(5-14-6-9)4-10(15-13)11-7-16-1-2-17-11/h3,5-6,10-11,15H,1-2,4,7,13H2. The summed E-state index contributed by atoms with van der Waals surface area (Å²) in [6.07, 6.45) is 4.34. The molecule has 0 spiro atoms. The predicted octanol–water partition coefficient (Wildman–Crippen LogP) is 0.634. The maximum atomic E-state index is 5.63. The fourth-order valence-electron chi connectivity index (χ4n) is 1.86. The number of hydrazine groups is 1. The first kappa shape index (κ1) is 12.9.